The second kappa shape index (κ2) is 11.6. The SMILES string of the molecule is CC(Nc1ccc(C(=O)NCc2ccccc2CN2CCCCC2)cc1[N+](=O)[O-])c1ccccn1. The number of benzene rings is 2. The molecule has 0 spiro atoms. The molecule has 3 aromatic rings. The quantitative estimate of drug-likeness (QED) is 0.332. The van der Waals surface area contributed by atoms with Crippen molar-refractivity contribution >= 4 is 17.3 Å². The van der Waals surface area contributed by atoms with Crippen LogP contribution in [0.15, 0.2) is 66.9 Å². The standard InChI is InChI=1S/C27H31N5O3/c1-20(24-11-5-6-14-28-24)30-25-13-12-21(17-26(25)32(34)35)27(33)29-18-22-9-3-4-10-23(22)19-31-15-7-2-8-16-31/h3-6,9-14,17,20,30H,2,7-8,15-16,18-19H2,1H3,(H,29,33). The molecule has 0 bridgehead atoms. The Morgan fingerprint density at radius 1 is 1.06 bits per heavy atom. The molecule has 0 saturated carbocycles. The van der Waals surface area contributed by atoms with Gasteiger partial charge < -0.3 is 10.6 Å². The fraction of sp³-hybridized carbons (Fsp3) is 0.333. The Balaban J connectivity index is 1.43. The average Bonchev–Trinajstić information content (AvgIpc) is 2.89. The number of likely N-dealkylation sites (tertiary alicyclic amines) is 1. The molecule has 1 fully saturated rings. The summed E-state index contributed by atoms with van der Waals surface area (Å²) in [5.41, 5.74) is 3.47. The largest absolute Gasteiger partial charge is 0.371 e. The molecular weight excluding hydrogens is 442 g/mol. The molecule has 8 heteroatoms. The molecule has 1 unspecified atom stereocenters. The number of anilines is 1. The Hall–Kier alpha value is -3.78. The van der Waals surface area contributed by atoms with Crippen LogP contribution in [0.5, 0.6) is 0 Å². The first kappa shape index (κ1) is 24.3. The third-order valence-corrected chi connectivity index (χ3v) is 6.36. The van der Waals surface area contributed by atoms with E-state index in [4.69, 9.17) is 0 Å². The lowest BCUT2D eigenvalue weighted by molar-refractivity contribution is -0.384. The fourth-order valence-corrected chi connectivity index (χ4v) is 4.41. The van der Waals surface area contributed by atoms with E-state index >= 15 is 0 Å². The Kier molecular flexibility index (Phi) is 8.05. The van der Waals surface area contributed by atoms with Gasteiger partial charge >= 0.3 is 0 Å². The number of amides is 1. The van der Waals surface area contributed by atoms with Crippen LogP contribution in [0.3, 0.4) is 0 Å². The number of piperidine rings is 1. The lowest BCUT2D eigenvalue weighted by Crippen LogP contribution is -2.30. The van der Waals surface area contributed by atoms with Crippen LogP contribution in [-0.2, 0) is 13.1 Å². The molecule has 1 aliphatic rings. The molecule has 182 valence electrons. The van der Waals surface area contributed by atoms with E-state index in [-0.39, 0.29) is 23.2 Å². The summed E-state index contributed by atoms with van der Waals surface area (Å²) in [5, 5.41) is 17.8. The summed E-state index contributed by atoms with van der Waals surface area (Å²) in [7, 11) is 0. The number of carbonyl (C=O) groups is 1. The van der Waals surface area contributed by atoms with E-state index in [1.165, 1.54) is 30.9 Å². The van der Waals surface area contributed by atoms with Gasteiger partial charge in [0.25, 0.3) is 11.6 Å². The van der Waals surface area contributed by atoms with Gasteiger partial charge in [0.2, 0.25) is 0 Å². The number of nitro groups is 1. The second-order valence-electron chi connectivity index (χ2n) is 8.90. The van der Waals surface area contributed by atoms with Gasteiger partial charge in [-0.1, -0.05) is 36.8 Å². The maximum Gasteiger partial charge on any atom is 0.293 e. The summed E-state index contributed by atoms with van der Waals surface area (Å²) in [6, 6.07) is 17.9. The van der Waals surface area contributed by atoms with E-state index in [2.05, 4.69) is 26.6 Å². The van der Waals surface area contributed by atoms with Crippen LogP contribution in [0.2, 0.25) is 0 Å². The third kappa shape index (κ3) is 6.42. The van der Waals surface area contributed by atoms with Crippen molar-refractivity contribution < 1.29 is 9.72 Å². The molecule has 2 N–H and O–H groups in total. The summed E-state index contributed by atoms with van der Waals surface area (Å²) in [6.45, 7) is 5.32. The highest BCUT2D eigenvalue weighted by atomic mass is 16.6. The maximum absolute atomic E-state index is 12.9. The Morgan fingerprint density at radius 2 is 1.80 bits per heavy atom. The molecular formula is C27H31N5O3. The monoisotopic (exact) mass is 473 g/mol. The first-order valence-corrected chi connectivity index (χ1v) is 12.0. The summed E-state index contributed by atoms with van der Waals surface area (Å²) in [6.07, 6.45) is 5.42. The Bertz CT molecular complexity index is 1160. The van der Waals surface area contributed by atoms with Gasteiger partial charge in [0.05, 0.1) is 16.7 Å². The molecule has 0 aliphatic carbocycles. The van der Waals surface area contributed by atoms with Gasteiger partial charge in [-0.05, 0) is 68.2 Å². The third-order valence-electron chi connectivity index (χ3n) is 6.36. The minimum absolute atomic E-state index is 0.147. The van der Waals surface area contributed by atoms with Gasteiger partial charge in [-0.2, -0.15) is 0 Å². The number of carbonyl (C=O) groups excluding carboxylic acids is 1. The first-order chi connectivity index (χ1) is 17.0. The number of nitro benzene ring substituents is 1. The lowest BCUT2D eigenvalue weighted by Gasteiger charge is -2.27. The minimum Gasteiger partial charge on any atom is -0.371 e. The van der Waals surface area contributed by atoms with E-state index in [0.717, 1.165) is 30.9 Å². The molecule has 1 saturated heterocycles. The van der Waals surface area contributed by atoms with Crippen LogP contribution >= 0.6 is 0 Å². The van der Waals surface area contributed by atoms with Crippen LogP contribution in [-0.4, -0.2) is 33.8 Å². The van der Waals surface area contributed by atoms with Gasteiger partial charge in [0.15, 0.2) is 0 Å². The summed E-state index contributed by atoms with van der Waals surface area (Å²) in [4.78, 5) is 30.9. The van der Waals surface area contributed by atoms with Crippen molar-refractivity contribution in [3.05, 3.63) is 99.4 Å². The molecule has 1 amide bonds. The van der Waals surface area contributed by atoms with E-state index in [9.17, 15) is 14.9 Å². The van der Waals surface area contributed by atoms with E-state index in [0.29, 0.717) is 12.2 Å². The second-order valence-corrected chi connectivity index (χ2v) is 8.90. The van der Waals surface area contributed by atoms with Gasteiger partial charge in [-0.15, -0.1) is 0 Å². The van der Waals surface area contributed by atoms with E-state index in [1.807, 2.05) is 43.3 Å². The van der Waals surface area contributed by atoms with Crippen molar-refractivity contribution in [3.8, 4) is 0 Å². The van der Waals surface area contributed by atoms with Crippen molar-refractivity contribution in [1.29, 1.82) is 0 Å². The number of nitrogens with one attached hydrogen (secondary N) is 2. The molecule has 0 radical (unpaired) electrons. The molecule has 2 heterocycles. The highest BCUT2D eigenvalue weighted by Gasteiger charge is 2.20. The van der Waals surface area contributed by atoms with Crippen LogP contribution in [0.25, 0.3) is 0 Å². The zero-order chi connectivity index (χ0) is 24.6. The zero-order valence-corrected chi connectivity index (χ0v) is 19.9. The summed E-state index contributed by atoms with van der Waals surface area (Å²) < 4.78 is 0. The molecule has 8 nitrogen and oxygen atoms in total. The predicted octanol–water partition coefficient (Wildman–Crippen LogP) is 5.08. The lowest BCUT2D eigenvalue weighted by atomic mass is 10.0. The van der Waals surface area contributed by atoms with Crippen molar-refractivity contribution in [1.82, 2.24) is 15.2 Å². The normalized spacial score (nSPS) is 14.8. The molecule has 4 rings (SSSR count). The first-order valence-electron chi connectivity index (χ1n) is 12.0. The molecule has 1 atom stereocenters. The van der Waals surface area contributed by atoms with E-state index in [1.54, 1.807) is 18.3 Å². The van der Waals surface area contributed by atoms with Gasteiger partial charge in [-0.25, -0.2) is 0 Å². The number of hydrogen-bond acceptors (Lipinski definition) is 6. The van der Waals surface area contributed by atoms with Crippen molar-refractivity contribution in [2.45, 2.75) is 45.3 Å². The number of hydrogen-bond donors (Lipinski definition) is 2. The molecule has 35 heavy (non-hydrogen) atoms. The van der Waals surface area contributed by atoms with Gasteiger partial charge in [-0.3, -0.25) is 24.8 Å². The minimum atomic E-state index is -0.474. The maximum atomic E-state index is 12.9. The average molecular weight is 474 g/mol. The molecule has 1 aromatic heterocycles. The van der Waals surface area contributed by atoms with Crippen molar-refractivity contribution in [2.24, 2.45) is 0 Å². The highest BCUT2D eigenvalue weighted by molar-refractivity contribution is 5.95. The van der Waals surface area contributed by atoms with Crippen LogP contribution in [0.4, 0.5) is 11.4 Å². The topological polar surface area (TPSA) is 100 Å². The number of rotatable bonds is 9. The summed E-state index contributed by atoms with van der Waals surface area (Å²) >= 11 is 0. The number of pyridine rings is 1. The molecule has 2 aromatic carbocycles. The van der Waals surface area contributed by atoms with Gasteiger partial charge in [0, 0.05) is 30.9 Å². The number of aromatic nitrogens is 1. The van der Waals surface area contributed by atoms with E-state index < -0.39 is 4.92 Å². The zero-order valence-electron chi connectivity index (χ0n) is 19.9. The van der Waals surface area contributed by atoms with Crippen molar-refractivity contribution in [2.75, 3.05) is 18.4 Å². The number of nitrogens with zero attached hydrogens (tertiary/aromatic N) is 3. The van der Waals surface area contributed by atoms with Crippen LogP contribution in [0.1, 0.15) is 59.4 Å². The van der Waals surface area contributed by atoms with Crippen LogP contribution in [0, 0.1) is 10.1 Å². The molecule has 1 aliphatic heterocycles. The van der Waals surface area contributed by atoms with Crippen molar-refractivity contribution in [3.63, 3.8) is 0 Å². The highest BCUT2D eigenvalue weighted by Crippen LogP contribution is 2.29. The predicted molar refractivity (Wildman–Crippen MR) is 136 cm³/mol. The van der Waals surface area contributed by atoms with Gasteiger partial charge in [0.1, 0.15) is 5.69 Å². The fourth-order valence-electron chi connectivity index (χ4n) is 4.41. The summed E-state index contributed by atoms with van der Waals surface area (Å²) in [5.74, 6) is -0.342. The Morgan fingerprint density at radius 3 is 2.51 bits per heavy atom. The smallest absolute Gasteiger partial charge is 0.293 e. The van der Waals surface area contributed by atoms with Crippen LogP contribution < -0.4 is 10.6 Å². The Labute approximate surface area is 205 Å².